The maximum atomic E-state index is 14.1. The van der Waals surface area contributed by atoms with Crippen LogP contribution < -0.4 is 14.4 Å². The van der Waals surface area contributed by atoms with Gasteiger partial charge in [0, 0.05) is 35.0 Å². The third kappa shape index (κ3) is 4.54. The Bertz CT molecular complexity index is 2000. The number of nitrogens with zero attached hydrogens (tertiary/aromatic N) is 1. The average Bonchev–Trinajstić information content (AvgIpc) is 3.34. The fraction of sp³-hybridized carbons (Fsp3) is 0.300. The van der Waals surface area contributed by atoms with Gasteiger partial charge in [-0.15, -0.1) is 0 Å². The van der Waals surface area contributed by atoms with E-state index in [-0.39, 0.29) is 0 Å². The molecular formula is C40H36F3NO3. The fourth-order valence-corrected chi connectivity index (χ4v) is 8.00. The first kappa shape index (κ1) is 29.9. The highest BCUT2D eigenvalue weighted by atomic mass is 19.4. The van der Waals surface area contributed by atoms with E-state index < -0.39 is 22.8 Å². The van der Waals surface area contributed by atoms with Crippen LogP contribution in [0.25, 0.3) is 28.0 Å². The van der Waals surface area contributed by atoms with Gasteiger partial charge in [0.15, 0.2) is 5.60 Å². The molecule has 1 fully saturated rings. The van der Waals surface area contributed by atoms with E-state index >= 15 is 0 Å². The van der Waals surface area contributed by atoms with E-state index in [9.17, 15) is 13.2 Å². The highest BCUT2D eigenvalue weighted by Crippen LogP contribution is 2.60. The molecule has 240 valence electrons. The Hall–Kier alpha value is -4.49. The number of methoxy groups -OCH3 is 1. The maximum absolute atomic E-state index is 14.1. The lowest BCUT2D eigenvalue weighted by Crippen LogP contribution is -2.36. The van der Waals surface area contributed by atoms with Crippen molar-refractivity contribution in [3.05, 3.63) is 118 Å². The quantitative estimate of drug-likeness (QED) is 0.224. The number of rotatable bonds is 4. The Kier molecular flexibility index (Phi) is 6.85. The van der Waals surface area contributed by atoms with Crippen molar-refractivity contribution < 1.29 is 27.4 Å². The summed E-state index contributed by atoms with van der Waals surface area (Å²) in [6, 6.07) is 18.6. The third-order valence-corrected chi connectivity index (χ3v) is 10.3. The predicted molar refractivity (Wildman–Crippen MR) is 180 cm³/mol. The highest BCUT2D eigenvalue weighted by Gasteiger charge is 2.46. The number of anilines is 1. The van der Waals surface area contributed by atoms with Gasteiger partial charge in [-0.05, 0) is 76.4 Å². The number of hydrogen-bond acceptors (Lipinski definition) is 4. The van der Waals surface area contributed by atoms with Crippen LogP contribution in [-0.4, -0.2) is 33.4 Å². The minimum Gasteiger partial charge on any atom is -0.495 e. The molecule has 2 aliphatic carbocycles. The summed E-state index contributed by atoms with van der Waals surface area (Å²) < 4.78 is 61.2. The van der Waals surface area contributed by atoms with Gasteiger partial charge in [0.1, 0.15) is 11.5 Å². The molecule has 0 bridgehead atoms. The number of allylic oxidation sites excluding steroid dienone is 3. The van der Waals surface area contributed by atoms with E-state index in [0.717, 1.165) is 68.4 Å². The number of benzene rings is 4. The molecule has 0 aromatic heterocycles. The van der Waals surface area contributed by atoms with Crippen molar-refractivity contribution in [2.24, 2.45) is 0 Å². The van der Waals surface area contributed by atoms with E-state index in [0.29, 0.717) is 37.6 Å². The molecule has 0 N–H and O–H groups in total. The average molecular weight is 636 g/mol. The molecule has 4 aliphatic rings. The molecule has 2 aliphatic heterocycles. The van der Waals surface area contributed by atoms with Gasteiger partial charge in [-0.2, -0.15) is 13.2 Å². The van der Waals surface area contributed by atoms with E-state index in [1.165, 1.54) is 12.1 Å². The van der Waals surface area contributed by atoms with Gasteiger partial charge in [-0.3, -0.25) is 0 Å². The number of halogens is 3. The highest BCUT2D eigenvalue weighted by molar-refractivity contribution is 6.10. The summed E-state index contributed by atoms with van der Waals surface area (Å²) >= 11 is 0. The first-order valence-electron chi connectivity index (χ1n) is 16.2. The molecule has 0 radical (unpaired) electrons. The fourth-order valence-electron chi connectivity index (χ4n) is 8.00. The van der Waals surface area contributed by atoms with E-state index in [1.807, 2.05) is 32.0 Å². The molecule has 2 heterocycles. The minimum absolute atomic E-state index is 0.608. The first-order chi connectivity index (χ1) is 22.6. The van der Waals surface area contributed by atoms with Crippen LogP contribution in [0.15, 0.2) is 90.5 Å². The molecule has 47 heavy (non-hydrogen) atoms. The van der Waals surface area contributed by atoms with Crippen molar-refractivity contribution in [3.8, 4) is 22.6 Å². The molecule has 1 atom stereocenters. The van der Waals surface area contributed by atoms with Crippen LogP contribution >= 0.6 is 0 Å². The van der Waals surface area contributed by atoms with Crippen LogP contribution in [0, 0.1) is 0 Å². The summed E-state index contributed by atoms with van der Waals surface area (Å²) in [6.45, 7) is 6.69. The van der Waals surface area contributed by atoms with Crippen LogP contribution in [0.4, 0.5) is 18.9 Å². The summed E-state index contributed by atoms with van der Waals surface area (Å²) in [4.78, 5) is 2.26. The number of alkyl halides is 3. The van der Waals surface area contributed by atoms with Crippen molar-refractivity contribution in [2.45, 2.75) is 43.9 Å². The summed E-state index contributed by atoms with van der Waals surface area (Å²) in [5, 5.41) is 1.80. The molecule has 8 rings (SSSR count). The van der Waals surface area contributed by atoms with Crippen LogP contribution in [0.5, 0.6) is 11.5 Å². The van der Waals surface area contributed by atoms with Gasteiger partial charge in [0.25, 0.3) is 0 Å². The lowest BCUT2D eigenvalue weighted by atomic mass is 9.75. The summed E-state index contributed by atoms with van der Waals surface area (Å²) in [5.74, 6) is 1.43. The topological polar surface area (TPSA) is 30.9 Å². The summed E-state index contributed by atoms with van der Waals surface area (Å²) in [5.41, 5.74) is 5.18. The molecule has 1 saturated heterocycles. The SMILES string of the molecule is COc1cc2c3c(c4c(c2cc1N1CCOCC1)-c1ccc(C(F)(F)F)cc1C4(C)C)C=CC(C1=CC=CCC1)(c1ccccc1)O3. The second kappa shape index (κ2) is 10.8. The molecular weight excluding hydrogens is 599 g/mol. The van der Waals surface area contributed by atoms with Gasteiger partial charge < -0.3 is 19.1 Å². The Morgan fingerprint density at radius 2 is 1.72 bits per heavy atom. The van der Waals surface area contributed by atoms with Crippen LogP contribution in [0.3, 0.4) is 0 Å². The van der Waals surface area contributed by atoms with Crippen molar-refractivity contribution in [1.82, 2.24) is 0 Å². The van der Waals surface area contributed by atoms with Gasteiger partial charge in [-0.1, -0.05) is 74.5 Å². The molecule has 0 amide bonds. The second-order valence-electron chi connectivity index (χ2n) is 13.2. The zero-order valence-electron chi connectivity index (χ0n) is 26.7. The van der Waals surface area contributed by atoms with Gasteiger partial charge in [-0.25, -0.2) is 0 Å². The summed E-state index contributed by atoms with van der Waals surface area (Å²) in [7, 11) is 1.68. The summed E-state index contributed by atoms with van der Waals surface area (Å²) in [6.07, 6.45) is 8.00. The van der Waals surface area contributed by atoms with E-state index in [2.05, 4.69) is 59.5 Å². The Morgan fingerprint density at radius 1 is 0.936 bits per heavy atom. The van der Waals surface area contributed by atoms with Crippen LogP contribution in [0.1, 0.15) is 54.5 Å². The molecule has 0 spiro atoms. The van der Waals surface area contributed by atoms with Crippen LogP contribution in [-0.2, 0) is 21.9 Å². The molecule has 4 aromatic rings. The van der Waals surface area contributed by atoms with Crippen molar-refractivity contribution >= 4 is 22.5 Å². The largest absolute Gasteiger partial charge is 0.495 e. The molecule has 1 unspecified atom stereocenters. The monoisotopic (exact) mass is 635 g/mol. The normalized spacial score (nSPS) is 21.1. The lowest BCUT2D eigenvalue weighted by Gasteiger charge is -2.40. The maximum Gasteiger partial charge on any atom is 0.416 e. The zero-order chi connectivity index (χ0) is 32.6. The van der Waals surface area contributed by atoms with Crippen molar-refractivity contribution in [1.29, 1.82) is 0 Å². The number of ether oxygens (including phenoxy) is 3. The van der Waals surface area contributed by atoms with Crippen LogP contribution in [0.2, 0.25) is 0 Å². The molecule has 4 aromatic carbocycles. The van der Waals surface area contributed by atoms with Crippen molar-refractivity contribution in [2.75, 3.05) is 38.3 Å². The minimum atomic E-state index is -4.45. The molecule has 7 heteroatoms. The molecule has 4 nitrogen and oxygen atoms in total. The predicted octanol–water partition coefficient (Wildman–Crippen LogP) is 9.59. The van der Waals surface area contributed by atoms with E-state index in [1.54, 1.807) is 13.2 Å². The Labute approximate surface area is 272 Å². The zero-order valence-corrected chi connectivity index (χ0v) is 26.7. The van der Waals surface area contributed by atoms with Gasteiger partial charge >= 0.3 is 6.18 Å². The molecule has 0 saturated carbocycles. The number of morpholine rings is 1. The lowest BCUT2D eigenvalue weighted by molar-refractivity contribution is -0.137. The Morgan fingerprint density at radius 3 is 2.43 bits per heavy atom. The van der Waals surface area contributed by atoms with Gasteiger partial charge in [0.2, 0.25) is 0 Å². The first-order valence-corrected chi connectivity index (χ1v) is 16.2. The second-order valence-corrected chi connectivity index (χ2v) is 13.2. The smallest absolute Gasteiger partial charge is 0.416 e. The van der Waals surface area contributed by atoms with Crippen molar-refractivity contribution in [3.63, 3.8) is 0 Å². The number of hydrogen-bond donors (Lipinski definition) is 0. The number of fused-ring (bicyclic) bond motifs is 8. The van der Waals surface area contributed by atoms with E-state index in [4.69, 9.17) is 14.2 Å². The third-order valence-electron chi connectivity index (χ3n) is 10.3. The van der Waals surface area contributed by atoms with Gasteiger partial charge in [0.05, 0.1) is 31.6 Å². The standard InChI is InChI=1S/C40H36F3NO3/c1-38(2)32-22-27(40(41,42)43)14-15-28(32)35-30-23-33(44-18-20-46-21-19-44)34(45-3)24-31(30)37-29(36(35)38)16-17-39(47-37,25-10-6-4-7-11-25)26-12-8-5-9-13-26/h4-8,10-12,14-17,22-24H,9,13,18-21H2,1-3H3. The Balaban J connectivity index is 1.45.